The third-order valence-corrected chi connectivity index (χ3v) is 3.29. The smallest absolute Gasteiger partial charge is 0.323 e. The summed E-state index contributed by atoms with van der Waals surface area (Å²) in [7, 11) is 0. The van der Waals surface area contributed by atoms with Gasteiger partial charge in [-0.15, -0.1) is 0 Å². The lowest BCUT2D eigenvalue weighted by Crippen LogP contribution is -2.43. The Kier molecular flexibility index (Phi) is 5.26. The summed E-state index contributed by atoms with van der Waals surface area (Å²) in [5, 5.41) is 8.81. The molecule has 0 aromatic rings. The van der Waals surface area contributed by atoms with Gasteiger partial charge in [0.05, 0.1) is 0 Å². The van der Waals surface area contributed by atoms with Crippen molar-refractivity contribution in [2.45, 2.75) is 45.5 Å². The summed E-state index contributed by atoms with van der Waals surface area (Å²) in [4.78, 5) is 24.2. The number of rotatable bonds is 5. The molecule has 1 aliphatic rings. The third-order valence-electron chi connectivity index (χ3n) is 3.29. The lowest BCUT2D eigenvalue weighted by atomic mass is 9.85. The molecule has 0 spiro atoms. The molecule has 0 unspecified atom stereocenters. The Hall–Kier alpha value is -1.20. The van der Waals surface area contributed by atoms with Crippen molar-refractivity contribution in [1.82, 2.24) is 4.90 Å². The maximum Gasteiger partial charge on any atom is 0.323 e. The molecule has 0 bridgehead atoms. The molecule has 1 fully saturated rings. The summed E-state index contributed by atoms with van der Waals surface area (Å²) in [5.74, 6) is -4.36. The maximum absolute atomic E-state index is 13.0. The lowest BCUT2D eigenvalue weighted by Gasteiger charge is -2.32. The number of nitrogens with zero attached hydrogens (tertiary/aromatic N) is 1. The van der Waals surface area contributed by atoms with Gasteiger partial charge in [0.25, 0.3) is 0 Å². The number of hydrogen-bond donors (Lipinski definition) is 1. The molecule has 6 heteroatoms. The Morgan fingerprint density at radius 1 is 1.32 bits per heavy atom. The Morgan fingerprint density at radius 3 is 2.26 bits per heavy atom. The van der Waals surface area contributed by atoms with Gasteiger partial charge in [-0.3, -0.25) is 9.59 Å². The number of carboxylic acids is 1. The summed E-state index contributed by atoms with van der Waals surface area (Å²) in [6, 6.07) is 0. The van der Waals surface area contributed by atoms with Gasteiger partial charge in [0.2, 0.25) is 11.8 Å². The number of carbonyl (C=O) groups excluding carboxylic acids is 1. The average Bonchev–Trinajstić information content (AvgIpc) is 2.26. The second-order valence-corrected chi connectivity index (χ2v) is 5.64. The number of carbonyl (C=O) groups is 2. The molecule has 4 nitrogen and oxygen atoms in total. The summed E-state index contributed by atoms with van der Waals surface area (Å²) >= 11 is 0. The first-order valence-electron chi connectivity index (χ1n) is 6.59. The molecule has 110 valence electrons. The van der Waals surface area contributed by atoms with Crippen molar-refractivity contribution in [3.8, 4) is 0 Å². The van der Waals surface area contributed by atoms with Gasteiger partial charge in [-0.25, -0.2) is 8.78 Å². The van der Waals surface area contributed by atoms with E-state index in [1.54, 1.807) is 0 Å². The van der Waals surface area contributed by atoms with Crippen molar-refractivity contribution in [1.29, 1.82) is 0 Å². The quantitative estimate of drug-likeness (QED) is 0.839. The van der Waals surface area contributed by atoms with Gasteiger partial charge in [-0.05, 0) is 18.8 Å². The zero-order valence-corrected chi connectivity index (χ0v) is 11.4. The monoisotopic (exact) mass is 277 g/mol. The highest BCUT2D eigenvalue weighted by Crippen LogP contribution is 2.36. The van der Waals surface area contributed by atoms with Crippen molar-refractivity contribution in [3.05, 3.63) is 0 Å². The average molecular weight is 277 g/mol. The molecular formula is C13H21F2NO3. The second-order valence-electron chi connectivity index (χ2n) is 5.64. The first-order valence-corrected chi connectivity index (χ1v) is 6.59. The van der Waals surface area contributed by atoms with E-state index in [0.29, 0.717) is 6.54 Å². The Balaban J connectivity index is 2.63. The van der Waals surface area contributed by atoms with E-state index in [2.05, 4.69) is 0 Å². The molecule has 1 amide bonds. The van der Waals surface area contributed by atoms with Crippen LogP contribution in [-0.4, -0.2) is 40.9 Å². The minimum absolute atomic E-state index is 0.139. The van der Waals surface area contributed by atoms with Crippen LogP contribution in [0.25, 0.3) is 0 Å². The van der Waals surface area contributed by atoms with Crippen LogP contribution in [0.1, 0.15) is 39.5 Å². The Labute approximate surface area is 111 Å². The van der Waals surface area contributed by atoms with E-state index in [-0.39, 0.29) is 44.1 Å². The minimum atomic E-state index is -2.67. The topological polar surface area (TPSA) is 57.6 Å². The normalized spacial score (nSPS) is 19.4. The zero-order chi connectivity index (χ0) is 14.6. The van der Waals surface area contributed by atoms with Crippen molar-refractivity contribution >= 4 is 11.9 Å². The van der Waals surface area contributed by atoms with Gasteiger partial charge in [0, 0.05) is 25.3 Å². The van der Waals surface area contributed by atoms with Crippen LogP contribution >= 0.6 is 0 Å². The van der Waals surface area contributed by atoms with E-state index in [4.69, 9.17) is 5.11 Å². The summed E-state index contributed by atoms with van der Waals surface area (Å²) in [6.07, 6.45) is -0.294. The molecule has 0 heterocycles. The Morgan fingerprint density at radius 2 is 1.84 bits per heavy atom. The van der Waals surface area contributed by atoms with Gasteiger partial charge in [-0.1, -0.05) is 13.8 Å². The number of carboxylic acid groups (broad SMARTS) is 1. The molecule has 1 rings (SSSR count). The number of aliphatic carboxylic acids is 1. The molecule has 0 aromatic heterocycles. The highest BCUT2D eigenvalue weighted by Gasteiger charge is 2.38. The predicted octanol–water partition coefficient (Wildman–Crippen LogP) is 2.38. The second kappa shape index (κ2) is 6.30. The summed E-state index contributed by atoms with van der Waals surface area (Å²) in [6.45, 7) is 3.76. The molecular weight excluding hydrogens is 256 g/mol. The fourth-order valence-corrected chi connectivity index (χ4v) is 2.38. The highest BCUT2D eigenvalue weighted by molar-refractivity contribution is 5.83. The van der Waals surface area contributed by atoms with Gasteiger partial charge in [0.1, 0.15) is 6.54 Å². The SMILES string of the molecule is CC(C)CN(CC(=O)O)C(=O)C1CCC(F)(F)CC1. The first kappa shape index (κ1) is 15.9. The van der Waals surface area contributed by atoms with E-state index in [9.17, 15) is 18.4 Å². The number of hydrogen-bond acceptors (Lipinski definition) is 2. The third kappa shape index (κ3) is 5.12. The number of alkyl halides is 2. The van der Waals surface area contributed by atoms with Crippen LogP contribution < -0.4 is 0 Å². The van der Waals surface area contributed by atoms with Crippen molar-refractivity contribution < 1.29 is 23.5 Å². The van der Waals surface area contributed by atoms with Gasteiger partial charge < -0.3 is 10.0 Å². The largest absolute Gasteiger partial charge is 0.480 e. The van der Waals surface area contributed by atoms with E-state index in [0.717, 1.165) is 0 Å². The summed E-state index contributed by atoms with van der Waals surface area (Å²) < 4.78 is 26.1. The molecule has 0 aliphatic heterocycles. The predicted molar refractivity (Wildman–Crippen MR) is 66.0 cm³/mol. The van der Waals surface area contributed by atoms with Crippen molar-refractivity contribution in [2.24, 2.45) is 11.8 Å². The molecule has 0 aromatic carbocycles. The van der Waals surface area contributed by atoms with Crippen molar-refractivity contribution in [2.75, 3.05) is 13.1 Å². The van der Waals surface area contributed by atoms with Crippen LogP contribution in [0.5, 0.6) is 0 Å². The maximum atomic E-state index is 13.0. The molecule has 0 saturated heterocycles. The highest BCUT2D eigenvalue weighted by atomic mass is 19.3. The Bertz CT molecular complexity index is 335. The van der Waals surface area contributed by atoms with E-state index < -0.39 is 17.8 Å². The van der Waals surface area contributed by atoms with E-state index in [1.165, 1.54) is 4.90 Å². The van der Waals surface area contributed by atoms with E-state index >= 15 is 0 Å². The zero-order valence-electron chi connectivity index (χ0n) is 11.4. The molecule has 1 aliphatic carbocycles. The summed E-state index contributed by atoms with van der Waals surface area (Å²) in [5.41, 5.74) is 0. The van der Waals surface area contributed by atoms with Crippen LogP contribution in [0, 0.1) is 11.8 Å². The van der Waals surface area contributed by atoms with Gasteiger partial charge in [0.15, 0.2) is 0 Å². The van der Waals surface area contributed by atoms with Gasteiger partial charge >= 0.3 is 5.97 Å². The van der Waals surface area contributed by atoms with Gasteiger partial charge in [-0.2, -0.15) is 0 Å². The first-order chi connectivity index (χ1) is 8.71. The van der Waals surface area contributed by atoms with E-state index in [1.807, 2.05) is 13.8 Å². The fourth-order valence-electron chi connectivity index (χ4n) is 2.38. The van der Waals surface area contributed by atoms with Crippen LogP contribution in [0.3, 0.4) is 0 Å². The van der Waals surface area contributed by atoms with Crippen molar-refractivity contribution in [3.63, 3.8) is 0 Å². The van der Waals surface area contributed by atoms with Crippen LogP contribution in [0.4, 0.5) is 8.78 Å². The van der Waals surface area contributed by atoms with Crippen LogP contribution in [-0.2, 0) is 9.59 Å². The lowest BCUT2D eigenvalue weighted by molar-refractivity contribution is -0.148. The van der Waals surface area contributed by atoms with Crippen LogP contribution in [0.2, 0.25) is 0 Å². The van der Waals surface area contributed by atoms with Crippen LogP contribution in [0.15, 0.2) is 0 Å². The molecule has 1 saturated carbocycles. The molecule has 19 heavy (non-hydrogen) atoms. The standard InChI is InChI=1S/C13H21F2NO3/c1-9(2)7-16(8-11(17)18)12(19)10-3-5-13(14,15)6-4-10/h9-10H,3-8H2,1-2H3,(H,17,18). The molecule has 1 N–H and O–H groups in total. The minimum Gasteiger partial charge on any atom is -0.480 e. The number of amides is 1. The number of halogens is 2. The molecule has 0 atom stereocenters. The fraction of sp³-hybridized carbons (Fsp3) is 0.846. The molecule has 0 radical (unpaired) electrons.